The molecular formula is C41H28F4N10. The number of H-pyrrole nitrogens is 2. The van der Waals surface area contributed by atoms with Gasteiger partial charge in [-0.15, -0.1) is 20.4 Å². The molecule has 0 aliphatic carbocycles. The van der Waals surface area contributed by atoms with Gasteiger partial charge in [0.2, 0.25) is 11.6 Å². The Hall–Kier alpha value is -7.22. The van der Waals surface area contributed by atoms with Gasteiger partial charge in [-0.3, -0.25) is 0 Å². The van der Waals surface area contributed by atoms with Crippen molar-refractivity contribution in [2.24, 2.45) is 0 Å². The topological polar surface area (TPSA) is 119 Å². The molecule has 4 aromatic heterocycles. The molecule has 0 amide bonds. The van der Waals surface area contributed by atoms with Gasteiger partial charge in [-0.25, -0.2) is 4.39 Å². The summed E-state index contributed by atoms with van der Waals surface area (Å²) < 4.78 is 57.9. The summed E-state index contributed by atoms with van der Waals surface area (Å²) in [7, 11) is 0. The van der Waals surface area contributed by atoms with E-state index in [1.165, 1.54) is 27.4 Å². The van der Waals surface area contributed by atoms with Crippen molar-refractivity contribution in [2.75, 3.05) is 0 Å². The minimum Gasteiger partial charge on any atom is -0.336 e. The first-order valence-corrected chi connectivity index (χ1v) is 17.2. The Balaban J connectivity index is 0.000000147. The number of tetrazole rings is 2. The summed E-state index contributed by atoms with van der Waals surface area (Å²) in [6, 6.07) is 40.8. The van der Waals surface area contributed by atoms with Crippen LogP contribution in [0.25, 0.3) is 66.4 Å². The van der Waals surface area contributed by atoms with Crippen molar-refractivity contribution in [3.63, 3.8) is 0 Å². The molecule has 0 bridgehead atoms. The molecule has 4 heterocycles. The third-order valence-corrected chi connectivity index (χ3v) is 9.64. The van der Waals surface area contributed by atoms with Gasteiger partial charge in [-0.1, -0.05) is 66.7 Å². The molecule has 10 aromatic rings. The number of nitrogens with zero attached hydrogens (tertiary/aromatic N) is 8. The number of rotatable bonds is 6. The molecule has 0 radical (unpaired) electrons. The van der Waals surface area contributed by atoms with Gasteiger partial charge in [-0.2, -0.15) is 23.6 Å². The third kappa shape index (κ3) is 6.33. The smallest absolute Gasteiger partial charge is 0.336 e. The average Bonchev–Trinajstić information content (AvgIpc) is 4.04. The second kappa shape index (κ2) is 13.6. The summed E-state index contributed by atoms with van der Waals surface area (Å²) in [5.74, 6) is 0.358. The fraction of sp³-hybridized carbons (Fsp3) is 0.0732. The molecule has 14 heteroatoms. The van der Waals surface area contributed by atoms with Crippen LogP contribution in [0.1, 0.15) is 16.7 Å². The lowest BCUT2D eigenvalue weighted by Crippen LogP contribution is -2.08. The normalized spacial score (nSPS) is 11.8. The zero-order valence-corrected chi connectivity index (χ0v) is 28.7. The first kappa shape index (κ1) is 33.6. The van der Waals surface area contributed by atoms with Crippen LogP contribution in [0.5, 0.6) is 0 Å². The number of para-hydroxylation sites is 2. The highest BCUT2D eigenvalue weighted by molar-refractivity contribution is 6.10. The van der Waals surface area contributed by atoms with Crippen LogP contribution in [0.2, 0.25) is 0 Å². The number of halogens is 4. The Morgan fingerprint density at radius 1 is 0.509 bits per heavy atom. The van der Waals surface area contributed by atoms with Gasteiger partial charge in [-0.05, 0) is 82.7 Å². The van der Waals surface area contributed by atoms with Crippen LogP contribution in [0, 0.1) is 5.82 Å². The summed E-state index contributed by atoms with van der Waals surface area (Å²) in [5, 5.41) is 32.5. The van der Waals surface area contributed by atoms with Crippen molar-refractivity contribution in [2.45, 2.75) is 19.3 Å². The van der Waals surface area contributed by atoms with E-state index >= 15 is 0 Å². The van der Waals surface area contributed by atoms with E-state index in [0.29, 0.717) is 11.6 Å². The van der Waals surface area contributed by atoms with E-state index in [1.54, 1.807) is 6.07 Å². The van der Waals surface area contributed by atoms with Gasteiger partial charge in [0.25, 0.3) is 0 Å². The predicted molar refractivity (Wildman–Crippen MR) is 201 cm³/mol. The number of hydrogen-bond donors (Lipinski definition) is 2. The van der Waals surface area contributed by atoms with Crippen LogP contribution in [0.15, 0.2) is 133 Å². The summed E-state index contributed by atoms with van der Waals surface area (Å²) in [4.78, 5) is 0. The molecule has 0 aliphatic heterocycles. The van der Waals surface area contributed by atoms with Crippen LogP contribution in [0.4, 0.5) is 17.6 Å². The lowest BCUT2D eigenvalue weighted by atomic mass is 10.1. The van der Waals surface area contributed by atoms with E-state index in [1.807, 2.05) is 53.1 Å². The molecule has 0 saturated carbocycles. The highest BCUT2D eigenvalue weighted by Gasteiger charge is 2.31. The number of alkyl halides is 3. The molecule has 0 fully saturated rings. The summed E-state index contributed by atoms with van der Waals surface area (Å²) in [5.41, 5.74) is 6.06. The van der Waals surface area contributed by atoms with E-state index in [-0.39, 0.29) is 12.1 Å². The average molecular weight is 737 g/mol. The maximum absolute atomic E-state index is 14.4. The zero-order valence-electron chi connectivity index (χ0n) is 28.7. The number of hydrogen-bond acceptors (Lipinski definition) is 6. The molecule has 0 atom stereocenters. The lowest BCUT2D eigenvalue weighted by molar-refractivity contribution is -0.137. The first-order chi connectivity index (χ1) is 26.8. The first-order valence-electron chi connectivity index (χ1n) is 17.2. The molecule has 0 unspecified atom stereocenters. The number of fused-ring (bicyclic) bond motifs is 6. The SMILES string of the molecule is Fc1ccc(C(F)(F)F)cc1Cn1c2ccccc2c2cc(-c3nn[nH]n3)ccc21.c1ccc(Cn2c3ccccc3c3cc(-c4nn[nH]n4)ccc32)cc1. The second-order valence-corrected chi connectivity index (χ2v) is 12.9. The Bertz CT molecular complexity index is 2930. The summed E-state index contributed by atoms with van der Waals surface area (Å²) in [6.07, 6.45) is -4.54. The Morgan fingerprint density at radius 2 is 1.02 bits per heavy atom. The molecule has 2 N–H and O–H groups in total. The van der Waals surface area contributed by atoms with Gasteiger partial charge >= 0.3 is 6.18 Å². The Labute approximate surface area is 309 Å². The molecule has 0 saturated heterocycles. The van der Waals surface area contributed by atoms with Crippen molar-refractivity contribution >= 4 is 43.6 Å². The zero-order chi connectivity index (χ0) is 37.5. The van der Waals surface area contributed by atoms with E-state index < -0.39 is 17.6 Å². The van der Waals surface area contributed by atoms with Crippen molar-refractivity contribution < 1.29 is 17.6 Å². The second-order valence-electron chi connectivity index (χ2n) is 12.9. The van der Waals surface area contributed by atoms with Gasteiger partial charge in [0.05, 0.1) is 12.1 Å². The van der Waals surface area contributed by atoms with Crippen molar-refractivity contribution in [3.8, 4) is 22.8 Å². The Morgan fingerprint density at radius 3 is 1.55 bits per heavy atom. The quantitative estimate of drug-likeness (QED) is 0.164. The Kier molecular flexibility index (Phi) is 8.33. The molecule has 55 heavy (non-hydrogen) atoms. The summed E-state index contributed by atoms with van der Waals surface area (Å²) in [6.45, 7) is 0.799. The minimum atomic E-state index is -4.54. The van der Waals surface area contributed by atoms with Crippen molar-refractivity contribution in [3.05, 3.63) is 156 Å². The van der Waals surface area contributed by atoms with E-state index in [0.717, 1.165) is 57.7 Å². The molecule has 10 nitrogen and oxygen atoms in total. The molecule has 10 rings (SSSR count). The fourth-order valence-electron chi connectivity index (χ4n) is 7.10. The van der Waals surface area contributed by atoms with E-state index in [4.69, 9.17) is 0 Å². The molecular weight excluding hydrogens is 709 g/mol. The molecule has 0 aliphatic rings. The van der Waals surface area contributed by atoms with E-state index in [2.05, 4.69) is 106 Å². The highest BCUT2D eigenvalue weighted by Crippen LogP contribution is 2.35. The maximum atomic E-state index is 14.4. The van der Waals surface area contributed by atoms with Gasteiger partial charge in [0, 0.05) is 66.8 Å². The summed E-state index contributed by atoms with van der Waals surface area (Å²) >= 11 is 0. The fourth-order valence-corrected chi connectivity index (χ4v) is 7.10. The monoisotopic (exact) mass is 736 g/mol. The third-order valence-electron chi connectivity index (χ3n) is 9.64. The van der Waals surface area contributed by atoms with Crippen LogP contribution >= 0.6 is 0 Å². The highest BCUT2D eigenvalue weighted by atomic mass is 19.4. The van der Waals surface area contributed by atoms with Crippen LogP contribution in [-0.4, -0.2) is 50.4 Å². The number of aromatic nitrogens is 10. The standard InChI is InChI=1S/C21H13F4N5.C20H15N5/c22-17-7-6-14(21(23,24)25)9-13(17)11-30-18-4-2-1-3-15(18)16-10-12(5-8-19(16)30)20-26-28-29-27-20;1-2-6-14(7-3-1)13-25-18-9-5-4-8-16(18)17-12-15(10-11-19(17)25)20-21-23-24-22-20/h1-10H,11H2,(H,26,27,28,29);1-12H,13H2,(H,21,22,23,24). The number of benzene rings is 6. The number of nitrogens with one attached hydrogen (secondary N) is 2. The van der Waals surface area contributed by atoms with Gasteiger partial charge in [0.1, 0.15) is 5.82 Å². The number of aromatic amines is 2. The van der Waals surface area contributed by atoms with Crippen LogP contribution in [-0.2, 0) is 19.3 Å². The minimum absolute atomic E-state index is 0.0327. The molecule has 270 valence electrons. The largest absolute Gasteiger partial charge is 0.416 e. The van der Waals surface area contributed by atoms with Crippen LogP contribution in [0.3, 0.4) is 0 Å². The maximum Gasteiger partial charge on any atom is 0.416 e. The lowest BCUT2D eigenvalue weighted by Gasteiger charge is -2.12. The molecule has 0 spiro atoms. The van der Waals surface area contributed by atoms with Gasteiger partial charge in [0.15, 0.2) is 0 Å². The van der Waals surface area contributed by atoms with Crippen LogP contribution < -0.4 is 0 Å². The van der Waals surface area contributed by atoms with Crippen molar-refractivity contribution in [1.82, 2.24) is 50.4 Å². The molecule has 6 aromatic carbocycles. The predicted octanol–water partition coefficient (Wildman–Crippen LogP) is 9.20. The van der Waals surface area contributed by atoms with Gasteiger partial charge < -0.3 is 9.13 Å². The van der Waals surface area contributed by atoms with E-state index in [9.17, 15) is 17.6 Å². The van der Waals surface area contributed by atoms with Crippen molar-refractivity contribution in [1.29, 1.82) is 0 Å².